The third-order valence-corrected chi connectivity index (χ3v) is 3.37. The number of carbonyl (C=O) groups is 1. The van der Waals surface area contributed by atoms with E-state index in [4.69, 9.17) is 9.47 Å². The first-order valence-corrected chi connectivity index (χ1v) is 5.82. The first-order chi connectivity index (χ1) is 8.67. The summed E-state index contributed by atoms with van der Waals surface area (Å²) in [5, 5.41) is 12.3. The second kappa shape index (κ2) is 5.27. The van der Waals surface area contributed by atoms with Gasteiger partial charge in [-0.1, -0.05) is 0 Å². The SMILES string of the molecule is COc1ccc(OC)c([C@@H]2CNC[C@H]2C(=O)O)c1. The third kappa shape index (κ3) is 2.26. The molecular weight excluding hydrogens is 234 g/mol. The third-order valence-electron chi connectivity index (χ3n) is 3.37. The molecule has 0 radical (unpaired) electrons. The van der Waals surface area contributed by atoms with Crippen LogP contribution < -0.4 is 14.8 Å². The molecule has 1 fully saturated rings. The Kier molecular flexibility index (Phi) is 3.72. The summed E-state index contributed by atoms with van der Waals surface area (Å²) in [6.07, 6.45) is 0. The Morgan fingerprint density at radius 3 is 2.72 bits per heavy atom. The Morgan fingerprint density at radius 2 is 2.11 bits per heavy atom. The second-order valence-electron chi connectivity index (χ2n) is 4.32. The van der Waals surface area contributed by atoms with Crippen molar-refractivity contribution in [2.75, 3.05) is 27.3 Å². The van der Waals surface area contributed by atoms with Crippen LogP contribution in [0.1, 0.15) is 11.5 Å². The van der Waals surface area contributed by atoms with Gasteiger partial charge in [-0.05, 0) is 18.2 Å². The number of carboxylic acid groups (broad SMARTS) is 1. The minimum atomic E-state index is -0.783. The van der Waals surface area contributed by atoms with Gasteiger partial charge in [0.25, 0.3) is 0 Å². The average molecular weight is 251 g/mol. The highest BCUT2D eigenvalue weighted by atomic mass is 16.5. The Hall–Kier alpha value is -1.75. The van der Waals surface area contributed by atoms with Gasteiger partial charge in [0.05, 0.1) is 20.1 Å². The van der Waals surface area contributed by atoms with E-state index in [2.05, 4.69) is 5.32 Å². The molecule has 2 atom stereocenters. The van der Waals surface area contributed by atoms with Crippen LogP contribution in [0.3, 0.4) is 0 Å². The summed E-state index contributed by atoms with van der Waals surface area (Å²) < 4.78 is 10.5. The number of aliphatic carboxylic acids is 1. The van der Waals surface area contributed by atoms with Crippen LogP contribution in [-0.4, -0.2) is 38.4 Å². The van der Waals surface area contributed by atoms with Crippen molar-refractivity contribution in [1.82, 2.24) is 5.32 Å². The fourth-order valence-corrected chi connectivity index (χ4v) is 2.39. The maximum absolute atomic E-state index is 11.2. The molecule has 1 aliphatic heterocycles. The highest BCUT2D eigenvalue weighted by Crippen LogP contribution is 2.36. The van der Waals surface area contributed by atoms with Crippen molar-refractivity contribution in [2.45, 2.75) is 5.92 Å². The van der Waals surface area contributed by atoms with Gasteiger partial charge < -0.3 is 19.9 Å². The maximum Gasteiger partial charge on any atom is 0.308 e. The molecule has 0 spiro atoms. The molecule has 1 aromatic carbocycles. The summed E-state index contributed by atoms with van der Waals surface area (Å²) in [7, 11) is 3.18. The molecule has 2 N–H and O–H groups in total. The quantitative estimate of drug-likeness (QED) is 0.838. The van der Waals surface area contributed by atoms with E-state index in [9.17, 15) is 9.90 Å². The van der Waals surface area contributed by atoms with Crippen LogP contribution in [0.4, 0.5) is 0 Å². The fourth-order valence-electron chi connectivity index (χ4n) is 2.39. The molecule has 5 heteroatoms. The molecule has 0 amide bonds. The predicted octanol–water partition coefficient (Wildman–Crippen LogP) is 1.09. The van der Waals surface area contributed by atoms with Crippen LogP contribution in [0.2, 0.25) is 0 Å². The van der Waals surface area contributed by atoms with Crippen molar-refractivity contribution in [1.29, 1.82) is 0 Å². The van der Waals surface area contributed by atoms with Crippen molar-refractivity contribution in [3.05, 3.63) is 23.8 Å². The molecule has 0 aromatic heterocycles. The second-order valence-corrected chi connectivity index (χ2v) is 4.32. The number of hydrogen-bond acceptors (Lipinski definition) is 4. The zero-order valence-corrected chi connectivity index (χ0v) is 10.5. The zero-order valence-electron chi connectivity index (χ0n) is 10.5. The molecule has 1 heterocycles. The predicted molar refractivity (Wildman–Crippen MR) is 66.3 cm³/mol. The highest BCUT2D eigenvalue weighted by molar-refractivity contribution is 5.72. The van der Waals surface area contributed by atoms with Gasteiger partial charge in [0, 0.05) is 24.6 Å². The van der Waals surface area contributed by atoms with Gasteiger partial charge >= 0.3 is 5.97 Å². The monoisotopic (exact) mass is 251 g/mol. The van der Waals surface area contributed by atoms with E-state index in [1.165, 1.54) is 0 Å². The molecule has 5 nitrogen and oxygen atoms in total. The molecule has 1 aromatic rings. The molecule has 1 saturated heterocycles. The molecule has 0 unspecified atom stereocenters. The largest absolute Gasteiger partial charge is 0.497 e. The number of benzene rings is 1. The summed E-state index contributed by atoms with van der Waals surface area (Å²) in [5.41, 5.74) is 0.884. The average Bonchev–Trinajstić information content (AvgIpc) is 2.87. The number of carboxylic acids is 1. The molecule has 0 saturated carbocycles. The summed E-state index contributed by atoms with van der Waals surface area (Å²) in [6, 6.07) is 5.47. The van der Waals surface area contributed by atoms with Crippen molar-refractivity contribution in [3.63, 3.8) is 0 Å². The van der Waals surface area contributed by atoms with Crippen molar-refractivity contribution in [2.24, 2.45) is 5.92 Å². The minimum absolute atomic E-state index is 0.0902. The summed E-state index contributed by atoms with van der Waals surface area (Å²) in [6.45, 7) is 1.13. The van der Waals surface area contributed by atoms with Crippen LogP contribution in [0, 0.1) is 5.92 Å². The number of nitrogens with one attached hydrogen (secondary N) is 1. The molecule has 0 aliphatic carbocycles. The van der Waals surface area contributed by atoms with E-state index >= 15 is 0 Å². The van der Waals surface area contributed by atoms with E-state index in [1.807, 2.05) is 12.1 Å². The molecule has 2 rings (SSSR count). The lowest BCUT2D eigenvalue weighted by Gasteiger charge is -2.18. The van der Waals surface area contributed by atoms with Gasteiger partial charge in [-0.25, -0.2) is 0 Å². The number of rotatable bonds is 4. The van der Waals surface area contributed by atoms with Gasteiger partial charge in [0.15, 0.2) is 0 Å². The van der Waals surface area contributed by atoms with E-state index in [1.54, 1.807) is 20.3 Å². The Bertz CT molecular complexity index is 447. The topological polar surface area (TPSA) is 67.8 Å². The van der Waals surface area contributed by atoms with Crippen LogP contribution in [-0.2, 0) is 4.79 Å². The number of ether oxygens (including phenoxy) is 2. The number of hydrogen-bond donors (Lipinski definition) is 2. The summed E-state index contributed by atoms with van der Waals surface area (Å²) in [5.74, 6) is 0.117. The van der Waals surface area contributed by atoms with Gasteiger partial charge in [0.2, 0.25) is 0 Å². The molecule has 1 aliphatic rings. The first kappa shape index (κ1) is 12.7. The van der Waals surface area contributed by atoms with Crippen LogP contribution in [0.25, 0.3) is 0 Å². The van der Waals surface area contributed by atoms with Gasteiger partial charge in [-0.15, -0.1) is 0 Å². The normalized spacial score (nSPS) is 22.8. The lowest BCUT2D eigenvalue weighted by molar-refractivity contribution is -0.141. The smallest absolute Gasteiger partial charge is 0.308 e. The highest BCUT2D eigenvalue weighted by Gasteiger charge is 2.35. The maximum atomic E-state index is 11.2. The van der Waals surface area contributed by atoms with Crippen LogP contribution in [0.5, 0.6) is 11.5 Å². The van der Waals surface area contributed by atoms with Crippen molar-refractivity contribution < 1.29 is 19.4 Å². The Morgan fingerprint density at radius 1 is 1.33 bits per heavy atom. The summed E-state index contributed by atoms with van der Waals surface area (Å²) in [4.78, 5) is 11.2. The first-order valence-electron chi connectivity index (χ1n) is 5.82. The Balaban J connectivity index is 2.38. The Labute approximate surface area is 106 Å². The van der Waals surface area contributed by atoms with Gasteiger partial charge in [-0.3, -0.25) is 4.79 Å². The van der Waals surface area contributed by atoms with Crippen molar-refractivity contribution in [3.8, 4) is 11.5 Å². The lowest BCUT2D eigenvalue weighted by atomic mass is 9.88. The fraction of sp³-hybridized carbons (Fsp3) is 0.462. The molecule has 98 valence electrons. The van der Waals surface area contributed by atoms with E-state index < -0.39 is 11.9 Å². The van der Waals surface area contributed by atoms with Crippen molar-refractivity contribution >= 4 is 5.97 Å². The van der Waals surface area contributed by atoms with Crippen LogP contribution in [0.15, 0.2) is 18.2 Å². The molecule has 0 bridgehead atoms. The van der Waals surface area contributed by atoms with E-state index in [-0.39, 0.29) is 5.92 Å². The van der Waals surface area contributed by atoms with E-state index in [0.717, 1.165) is 5.56 Å². The number of methoxy groups -OCH3 is 2. The van der Waals surface area contributed by atoms with E-state index in [0.29, 0.717) is 24.6 Å². The van der Waals surface area contributed by atoms with Gasteiger partial charge in [-0.2, -0.15) is 0 Å². The minimum Gasteiger partial charge on any atom is -0.497 e. The lowest BCUT2D eigenvalue weighted by Crippen LogP contribution is -2.21. The van der Waals surface area contributed by atoms with Gasteiger partial charge in [0.1, 0.15) is 11.5 Å². The standard InChI is InChI=1S/C13H17NO4/c1-17-8-3-4-12(18-2)9(5-8)10-6-14-7-11(10)13(15)16/h3-5,10-11,14H,6-7H2,1-2H3,(H,15,16)/t10-,11+/m0/s1. The molecular formula is C13H17NO4. The summed E-state index contributed by atoms with van der Waals surface area (Å²) >= 11 is 0. The zero-order chi connectivity index (χ0) is 13.1. The molecule has 18 heavy (non-hydrogen) atoms. The van der Waals surface area contributed by atoms with Crippen LogP contribution >= 0.6 is 0 Å².